The van der Waals surface area contributed by atoms with Gasteiger partial charge in [-0.15, -0.1) is 12.4 Å². The first-order chi connectivity index (χ1) is 10.2. The number of aromatic nitrogens is 1. The summed E-state index contributed by atoms with van der Waals surface area (Å²) < 4.78 is 5.26. The Morgan fingerprint density at radius 2 is 2.27 bits per heavy atom. The molecule has 0 bridgehead atoms. The Kier molecular flexibility index (Phi) is 5.45. The van der Waals surface area contributed by atoms with Crippen LogP contribution in [-0.4, -0.2) is 35.6 Å². The molecular formula is C15H17Cl2N3O2. The summed E-state index contributed by atoms with van der Waals surface area (Å²) in [6.45, 7) is 2.02. The monoisotopic (exact) mass is 341 g/mol. The molecule has 22 heavy (non-hydrogen) atoms. The van der Waals surface area contributed by atoms with Crippen molar-refractivity contribution in [3.8, 4) is 11.3 Å². The second-order valence-corrected chi connectivity index (χ2v) is 5.66. The number of nitrogens with two attached hydrogens (primary N) is 1. The first-order valence-corrected chi connectivity index (χ1v) is 7.27. The van der Waals surface area contributed by atoms with Crippen LogP contribution < -0.4 is 5.73 Å². The number of carbonyl (C=O) groups excluding carboxylic acids is 1. The highest BCUT2D eigenvalue weighted by Crippen LogP contribution is 2.25. The zero-order valence-electron chi connectivity index (χ0n) is 11.9. The highest BCUT2D eigenvalue weighted by molar-refractivity contribution is 6.30. The number of likely N-dealkylation sites (tertiary alicyclic amines) is 1. The average Bonchev–Trinajstić information content (AvgIpc) is 3.16. The van der Waals surface area contributed by atoms with E-state index < -0.39 is 0 Å². The van der Waals surface area contributed by atoms with Crippen molar-refractivity contribution >= 4 is 29.9 Å². The molecule has 1 fully saturated rings. The molecule has 2 heterocycles. The zero-order chi connectivity index (χ0) is 14.8. The van der Waals surface area contributed by atoms with E-state index in [0.29, 0.717) is 35.5 Å². The fourth-order valence-electron chi connectivity index (χ4n) is 2.53. The lowest BCUT2D eigenvalue weighted by Crippen LogP contribution is -2.30. The van der Waals surface area contributed by atoms with Crippen molar-refractivity contribution in [1.82, 2.24) is 10.1 Å². The lowest BCUT2D eigenvalue weighted by molar-refractivity contribution is 0.0777. The van der Waals surface area contributed by atoms with E-state index in [1.54, 1.807) is 23.1 Å². The molecular weight excluding hydrogens is 325 g/mol. The van der Waals surface area contributed by atoms with E-state index in [4.69, 9.17) is 21.9 Å². The molecule has 0 saturated carbocycles. The van der Waals surface area contributed by atoms with Crippen molar-refractivity contribution in [3.63, 3.8) is 0 Å². The summed E-state index contributed by atoms with van der Waals surface area (Å²) in [6.07, 6.45) is 0.946. The van der Waals surface area contributed by atoms with Gasteiger partial charge in [-0.3, -0.25) is 4.79 Å². The van der Waals surface area contributed by atoms with Gasteiger partial charge in [0.05, 0.1) is 0 Å². The zero-order valence-corrected chi connectivity index (χ0v) is 13.4. The molecule has 5 nitrogen and oxygen atoms in total. The van der Waals surface area contributed by atoms with Crippen LogP contribution in [0.3, 0.4) is 0 Å². The molecule has 1 aliphatic rings. The molecule has 7 heteroatoms. The van der Waals surface area contributed by atoms with Crippen LogP contribution in [-0.2, 0) is 0 Å². The fourth-order valence-corrected chi connectivity index (χ4v) is 2.72. The second kappa shape index (κ2) is 7.13. The number of amides is 1. The van der Waals surface area contributed by atoms with Crippen molar-refractivity contribution in [2.75, 3.05) is 19.6 Å². The van der Waals surface area contributed by atoms with Gasteiger partial charge in [0.1, 0.15) is 0 Å². The lowest BCUT2D eigenvalue weighted by atomic mass is 10.1. The third-order valence-electron chi connectivity index (χ3n) is 3.74. The summed E-state index contributed by atoms with van der Waals surface area (Å²) in [5, 5.41) is 4.49. The molecule has 2 N–H and O–H groups in total. The van der Waals surface area contributed by atoms with Gasteiger partial charge >= 0.3 is 0 Å². The van der Waals surface area contributed by atoms with Crippen LogP contribution in [0.2, 0.25) is 5.02 Å². The van der Waals surface area contributed by atoms with Gasteiger partial charge in [0.15, 0.2) is 11.5 Å². The van der Waals surface area contributed by atoms with E-state index in [2.05, 4.69) is 5.16 Å². The first kappa shape index (κ1) is 16.8. The minimum atomic E-state index is -0.108. The van der Waals surface area contributed by atoms with Crippen LogP contribution in [0.4, 0.5) is 0 Å². The second-order valence-electron chi connectivity index (χ2n) is 5.23. The molecule has 1 unspecified atom stereocenters. The van der Waals surface area contributed by atoms with Crippen LogP contribution in [0.1, 0.15) is 16.9 Å². The standard InChI is InChI=1S/C15H16ClN3O2.ClH/c16-12-3-1-2-11(6-12)14-7-13(18-21-14)15(20)19-5-4-10(8-17)9-19;/h1-3,6-7,10H,4-5,8-9,17H2;1H. The number of rotatable bonds is 3. The Morgan fingerprint density at radius 1 is 1.45 bits per heavy atom. The Morgan fingerprint density at radius 3 is 2.95 bits per heavy atom. The van der Waals surface area contributed by atoms with Crippen LogP contribution in [0.15, 0.2) is 34.9 Å². The largest absolute Gasteiger partial charge is 0.355 e. The minimum Gasteiger partial charge on any atom is -0.355 e. The SMILES string of the molecule is Cl.NCC1CCN(C(=O)c2cc(-c3cccc(Cl)c3)on2)C1. The molecule has 0 spiro atoms. The summed E-state index contributed by atoms with van der Waals surface area (Å²) in [5.41, 5.74) is 6.77. The van der Waals surface area contributed by atoms with Gasteiger partial charge in [0.25, 0.3) is 5.91 Å². The van der Waals surface area contributed by atoms with Crippen molar-refractivity contribution in [1.29, 1.82) is 0 Å². The Balaban J connectivity index is 0.00000176. The van der Waals surface area contributed by atoms with E-state index >= 15 is 0 Å². The van der Waals surface area contributed by atoms with Gasteiger partial charge in [-0.1, -0.05) is 28.9 Å². The number of halogens is 2. The Hall–Kier alpha value is -1.56. The van der Waals surface area contributed by atoms with Gasteiger partial charge in [-0.25, -0.2) is 0 Å². The molecule has 1 aromatic heterocycles. The predicted molar refractivity (Wildman–Crippen MR) is 87.3 cm³/mol. The van der Waals surface area contributed by atoms with E-state index in [9.17, 15) is 4.79 Å². The summed E-state index contributed by atoms with van der Waals surface area (Å²) in [7, 11) is 0. The van der Waals surface area contributed by atoms with Crippen molar-refractivity contribution in [2.45, 2.75) is 6.42 Å². The molecule has 1 saturated heterocycles. The number of benzene rings is 1. The molecule has 3 rings (SSSR count). The van der Waals surface area contributed by atoms with Crippen LogP contribution in [0, 0.1) is 5.92 Å². The molecule has 0 radical (unpaired) electrons. The minimum absolute atomic E-state index is 0. The molecule has 2 aromatic rings. The number of nitrogens with zero attached hydrogens (tertiary/aromatic N) is 2. The van der Waals surface area contributed by atoms with Crippen molar-refractivity contribution in [3.05, 3.63) is 41.0 Å². The Labute approximate surface area is 139 Å². The number of hydrogen-bond donors (Lipinski definition) is 1. The third-order valence-corrected chi connectivity index (χ3v) is 3.98. The van der Waals surface area contributed by atoms with Crippen molar-refractivity contribution < 1.29 is 9.32 Å². The van der Waals surface area contributed by atoms with Crippen LogP contribution in [0.25, 0.3) is 11.3 Å². The third kappa shape index (κ3) is 3.43. The van der Waals surface area contributed by atoms with E-state index in [1.807, 2.05) is 12.1 Å². The first-order valence-electron chi connectivity index (χ1n) is 6.89. The quantitative estimate of drug-likeness (QED) is 0.931. The van der Waals surface area contributed by atoms with Crippen molar-refractivity contribution in [2.24, 2.45) is 11.7 Å². The summed E-state index contributed by atoms with van der Waals surface area (Å²) in [4.78, 5) is 14.1. The van der Waals surface area contributed by atoms with E-state index in [-0.39, 0.29) is 18.3 Å². The van der Waals surface area contributed by atoms with Gasteiger partial charge in [0, 0.05) is 29.7 Å². The van der Waals surface area contributed by atoms with E-state index in [0.717, 1.165) is 18.5 Å². The summed E-state index contributed by atoms with van der Waals surface area (Å²) in [5.74, 6) is 0.812. The Bertz CT molecular complexity index is 660. The number of hydrogen-bond acceptors (Lipinski definition) is 4. The van der Waals surface area contributed by atoms with Crippen LogP contribution in [0.5, 0.6) is 0 Å². The summed E-state index contributed by atoms with van der Waals surface area (Å²) in [6, 6.07) is 8.90. The highest BCUT2D eigenvalue weighted by Gasteiger charge is 2.28. The average molecular weight is 342 g/mol. The molecule has 0 aliphatic carbocycles. The topological polar surface area (TPSA) is 72.4 Å². The van der Waals surface area contributed by atoms with Gasteiger partial charge in [-0.2, -0.15) is 0 Å². The molecule has 118 valence electrons. The van der Waals surface area contributed by atoms with Gasteiger partial charge < -0.3 is 15.2 Å². The molecule has 1 aliphatic heterocycles. The molecule has 1 amide bonds. The van der Waals surface area contributed by atoms with E-state index in [1.165, 1.54) is 0 Å². The maximum absolute atomic E-state index is 12.4. The maximum atomic E-state index is 12.4. The fraction of sp³-hybridized carbons (Fsp3) is 0.333. The normalized spacial score (nSPS) is 17.4. The predicted octanol–water partition coefficient (Wildman–Crippen LogP) is 2.84. The maximum Gasteiger partial charge on any atom is 0.276 e. The molecule has 1 atom stereocenters. The number of carbonyl (C=O) groups is 1. The molecule has 1 aromatic carbocycles. The highest BCUT2D eigenvalue weighted by atomic mass is 35.5. The lowest BCUT2D eigenvalue weighted by Gasteiger charge is -2.13. The van der Waals surface area contributed by atoms with Gasteiger partial charge in [0.2, 0.25) is 0 Å². The summed E-state index contributed by atoms with van der Waals surface area (Å²) >= 11 is 5.95. The smallest absolute Gasteiger partial charge is 0.276 e. The van der Waals surface area contributed by atoms with Gasteiger partial charge in [-0.05, 0) is 31.0 Å². The van der Waals surface area contributed by atoms with Crippen LogP contribution >= 0.6 is 24.0 Å².